The number of nitrogens with zero attached hydrogens (tertiary/aromatic N) is 5. The van der Waals surface area contributed by atoms with Crippen molar-refractivity contribution in [2.24, 2.45) is 0 Å². The Hall–Kier alpha value is -7.17. The molecule has 11 aromatic rings. The number of aryl methyl sites for hydroxylation is 1. The molecular formula is C59H49IrN5O2-2. The monoisotopic (exact) mass is 1060 g/mol. The third-order valence-electron chi connectivity index (χ3n) is 12.2. The first-order valence-electron chi connectivity index (χ1n) is 23.8. The Morgan fingerprint density at radius 2 is 1.40 bits per heavy atom. The fourth-order valence-corrected chi connectivity index (χ4v) is 8.81. The third kappa shape index (κ3) is 8.24. The van der Waals surface area contributed by atoms with Crippen molar-refractivity contribution in [2.75, 3.05) is 0 Å². The Kier molecular flexibility index (Phi) is 11.0. The molecule has 11 rings (SSSR count). The molecule has 0 aliphatic rings. The van der Waals surface area contributed by atoms with Gasteiger partial charge in [0.05, 0.1) is 39.9 Å². The zero-order chi connectivity index (χ0) is 48.4. The first-order valence-corrected chi connectivity index (χ1v) is 22.3. The third-order valence-corrected chi connectivity index (χ3v) is 12.2. The van der Waals surface area contributed by atoms with Gasteiger partial charge in [0.25, 0.3) is 0 Å². The number of aromatic nitrogens is 4. The summed E-state index contributed by atoms with van der Waals surface area (Å²) in [5.41, 5.74) is 12.5. The normalized spacial score (nSPS) is 12.6. The minimum atomic E-state index is -2.39. The van der Waals surface area contributed by atoms with Gasteiger partial charge in [0.15, 0.2) is 0 Å². The standard InChI is InChI=1S/C45H34N3O2.C14H15N2.Ir/c1-25(2)34-20-30(29-12-7-6-8-13-29)21-35(26(3)4)43(34)48-42-27(5)11-9-16-38(42)47-45(48)33-15-10-14-32-37-23-40-36(22-41(37)50-44(32)33)31-18-17-28(24-46)19-39(31)49-40;1-14(2,3)12-9-10-15-13(16-12)11-7-5-4-6-8-11;/h6-14,16-23,25-26H,1-5H3;4-7,9-10H,1-3H3;/q2*-1;/i5D3;;. The number of para-hydroxylation sites is 1. The van der Waals surface area contributed by atoms with Crippen LogP contribution in [0.25, 0.3) is 94.5 Å². The molecule has 67 heavy (non-hydrogen) atoms. The van der Waals surface area contributed by atoms with Gasteiger partial charge in [0.2, 0.25) is 0 Å². The topological polar surface area (TPSA) is 93.7 Å². The Labute approximate surface area is 408 Å². The van der Waals surface area contributed by atoms with E-state index in [1.54, 1.807) is 24.3 Å². The van der Waals surface area contributed by atoms with Gasteiger partial charge in [-0.1, -0.05) is 102 Å². The summed E-state index contributed by atoms with van der Waals surface area (Å²) in [6, 6.07) is 51.9. The molecule has 0 saturated carbocycles. The second kappa shape index (κ2) is 17.9. The maximum Gasteiger partial charge on any atom is 0.136 e. The average Bonchev–Trinajstić information content (AvgIpc) is 4.03. The van der Waals surface area contributed by atoms with E-state index in [9.17, 15) is 5.26 Å². The van der Waals surface area contributed by atoms with Gasteiger partial charge in [-0.2, -0.15) is 5.26 Å². The summed E-state index contributed by atoms with van der Waals surface area (Å²) in [5.74, 6) is 1.48. The molecule has 1 radical (unpaired) electrons. The quantitative estimate of drug-likeness (QED) is 0.154. The molecule has 333 valence electrons. The van der Waals surface area contributed by atoms with E-state index in [1.807, 2.05) is 91.1 Å². The van der Waals surface area contributed by atoms with Gasteiger partial charge in [0, 0.05) is 63.4 Å². The summed E-state index contributed by atoms with van der Waals surface area (Å²) in [6.07, 6.45) is 1.81. The van der Waals surface area contributed by atoms with Gasteiger partial charge < -0.3 is 13.4 Å². The van der Waals surface area contributed by atoms with Gasteiger partial charge in [-0.15, -0.1) is 54.1 Å². The average molecular weight is 1060 g/mol. The van der Waals surface area contributed by atoms with Crippen molar-refractivity contribution >= 4 is 54.9 Å². The molecule has 0 N–H and O–H groups in total. The number of benzene rings is 7. The minimum absolute atomic E-state index is 0. The number of hydrogen-bond acceptors (Lipinski definition) is 6. The van der Waals surface area contributed by atoms with Gasteiger partial charge in [-0.3, -0.25) is 15.0 Å². The van der Waals surface area contributed by atoms with Crippen LogP contribution < -0.4 is 0 Å². The molecule has 8 heteroatoms. The number of furan rings is 2. The van der Waals surface area contributed by atoms with Gasteiger partial charge in [-0.25, -0.2) is 0 Å². The molecule has 4 heterocycles. The predicted molar refractivity (Wildman–Crippen MR) is 268 cm³/mol. The van der Waals surface area contributed by atoms with E-state index >= 15 is 0 Å². The summed E-state index contributed by atoms with van der Waals surface area (Å²) < 4.78 is 40.9. The number of nitriles is 1. The smallest absolute Gasteiger partial charge is 0.136 e. The number of hydrogen-bond donors (Lipinski definition) is 0. The molecule has 0 atom stereocenters. The molecule has 0 aliphatic heterocycles. The van der Waals surface area contributed by atoms with Gasteiger partial charge in [-0.05, 0) is 101 Å². The molecule has 7 aromatic carbocycles. The van der Waals surface area contributed by atoms with Crippen LogP contribution in [0.5, 0.6) is 0 Å². The van der Waals surface area contributed by atoms with Crippen molar-refractivity contribution < 1.29 is 33.1 Å². The molecule has 0 spiro atoms. The number of fused-ring (bicyclic) bond motifs is 7. The summed E-state index contributed by atoms with van der Waals surface area (Å²) in [5, 5.41) is 12.9. The van der Waals surface area contributed by atoms with Crippen molar-refractivity contribution in [3.8, 4) is 45.7 Å². The Balaban J connectivity index is 0.000000304. The van der Waals surface area contributed by atoms with Crippen LogP contribution >= 0.6 is 0 Å². The van der Waals surface area contributed by atoms with Crippen molar-refractivity contribution in [3.05, 3.63) is 180 Å². The molecule has 0 amide bonds. The summed E-state index contributed by atoms with van der Waals surface area (Å²) in [4.78, 5) is 14.1. The molecule has 0 aliphatic carbocycles. The molecule has 7 nitrogen and oxygen atoms in total. The summed E-state index contributed by atoms with van der Waals surface area (Å²) >= 11 is 0. The second-order valence-electron chi connectivity index (χ2n) is 18.4. The largest absolute Gasteiger partial charge is 0.501 e. The number of imidazole rings is 1. The van der Waals surface area contributed by atoms with E-state index < -0.39 is 6.85 Å². The van der Waals surface area contributed by atoms with E-state index in [1.165, 1.54) is 0 Å². The van der Waals surface area contributed by atoms with E-state index in [-0.39, 0.29) is 42.9 Å². The predicted octanol–water partition coefficient (Wildman–Crippen LogP) is 15.6. The molecular weight excluding hydrogens is 1000 g/mol. The van der Waals surface area contributed by atoms with Crippen LogP contribution in [0, 0.1) is 30.3 Å². The fraction of sp³-hybridized carbons (Fsp3) is 0.186. The van der Waals surface area contributed by atoms with Crippen LogP contribution in [0.3, 0.4) is 0 Å². The zero-order valence-electron chi connectivity index (χ0n) is 41.3. The first kappa shape index (κ1) is 41.3. The van der Waals surface area contributed by atoms with Crippen LogP contribution in [0.1, 0.15) is 92.4 Å². The van der Waals surface area contributed by atoms with Gasteiger partial charge in [0.1, 0.15) is 16.7 Å². The van der Waals surface area contributed by atoms with E-state index in [4.69, 9.17) is 17.9 Å². The molecule has 0 saturated heterocycles. The molecule has 0 fully saturated rings. The molecule has 4 aromatic heterocycles. The minimum Gasteiger partial charge on any atom is -0.501 e. The Bertz CT molecular complexity index is 3750. The SMILES string of the molecule is CC(C)(C)c1ccnc(-c2[c-]cccc2)n1.[2H]C([2H])([2H])c1cccc2nc(-c3[c-]ccc4c3oc3cc5c(cc34)oc3cc(C#N)ccc35)n(-c3c(C(C)C)cc(-c4ccccc4)cc3C(C)C)c12.[Ir]. The van der Waals surface area contributed by atoms with Crippen LogP contribution in [-0.2, 0) is 25.5 Å². The molecule has 0 bridgehead atoms. The van der Waals surface area contributed by atoms with Crippen LogP contribution in [-0.4, -0.2) is 19.5 Å². The number of rotatable bonds is 6. The van der Waals surface area contributed by atoms with E-state index in [0.717, 1.165) is 66.6 Å². The summed E-state index contributed by atoms with van der Waals surface area (Å²) in [6.45, 7) is 12.7. The Morgan fingerprint density at radius 1 is 0.687 bits per heavy atom. The maximum atomic E-state index is 9.42. The maximum absolute atomic E-state index is 9.42. The fourth-order valence-electron chi connectivity index (χ4n) is 8.81. The van der Waals surface area contributed by atoms with Crippen molar-refractivity contribution in [3.63, 3.8) is 0 Å². The van der Waals surface area contributed by atoms with Crippen LogP contribution in [0.4, 0.5) is 0 Å². The van der Waals surface area contributed by atoms with Gasteiger partial charge >= 0.3 is 0 Å². The Morgan fingerprint density at radius 3 is 2.09 bits per heavy atom. The summed E-state index contributed by atoms with van der Waals surface area (Å²) in [7, 11) is 0. The van der Waals surface area contributed by atoms with Crippen LogP contribution in [0.15, 0.2) is 148 Å². The second-order valence-corrected chi connectivity index (χ2v) is 18.4. The van der Waals surface area contributed by atoms with Crippen molar-refractivity contribution in [1.29, 1.82) is 5.26 Å². The van der Waals surface area contributed by atoms with Crippen molar-refractivity contribution in [1.82, 2.24) is 19.5 Å². The van der Waals surface area contributed by atoms with Crippen molar-refractivity contribution in [2.45, 2.75) is 72.6 Å². The first-order chi connectivity index (χ1) is 33.1. The molecule has 0 unspecified atom stereocenters. The zero-order valence-corrected chi connectivity index (χ0v) is 40.7. The van der Waals surface area contributed by atoms with E-state index in [2.05, 4.69) is 105 Å². The van der Waals surface area contributed by atoms with Crippen LogP contribution in [0.2, 0.25) is 0 Å². The van der Waals surface area contributed by atoms with E-state index in [0.29, 0.717) is 50.3 Å².